The van der Waals surface area contributed by atoms with E-state index in [0.29, 0.717) is 43.6 Å². The average molecular weight is 349 g/mol. The van der Waals surface area contributed by atoms with Crippen molar-refractivity contribution < 1.29 is 4.79 Å². The Morgan fingerprint density at radius 1 is 1.15 bits per heavy atom. The van der Waals surface area contributed by atoms with E-state index in [2.05, 4.69) is 33.9 Å². The first kappa shape index (κ1) is 17.7. The standard InChI is InChI=1S/C20H23N5O/c1-15(2)16-6-8-17(9-7-16)23-20(26)25-13-11-24(12-14-25)19-18(21-3)5-4-10-22-19/h4-10,15H,11-14H2,1-2H3,(H,23,26). The predicted molar refractivity (Wildman–Crippen MR) is 104 cm³/mol. The lowest BCUT2D eigenvalue weighted by atomic mass is 10.0. The van der Waals surface area contributed by atoms with Gasteiger partial charge < -0.3 is 15.1 Å². The van der Waals surface area contributed by atoms with Gasteiger partial charge in [-0.25, -0.2) is 9.64 Å². The summed E-state index contributed by atoms with van der Waals surface area (Å²) in [4.78, 5) is 24.2. The minimum Gasteiger partial charge on any atom is -0.362 e. The maximum absolute atomic E-state index is 12.5. The van der Waals surface area contributed by atoms with Crippen molar-refractivity contribution in [1.29, 1.82) is 0 Å². The zero-order valence-electron chi connectivity index (χ0n) is 15.1. The SMILES string of the molecule is [C-]#[N+]c1cccnc1N1CCN(C(=O)Nc2ccc(C(C)C)cc2)CC1. The molecule has 1 aliphatic rings. The number of benzene rings is 1. The van der Waals surface area contributed by atoms with Gasteiger partial charge in [-0.15, -0.1) is 0 Å². The van der Waals surface area contributed by atoms with E-state index < -0.39 is 0 Å². The second kappa shape index (κ2) is 7.87. The van der Waals surface area contributed by atoms with E-state index in [0.717, 1.165) is 5.69 Å². The molecule has 0 unspecified atom stereocenters. The summed E-state index contributed by atoms with van der Waals surface area (Å²) in [6.07, 6.45) is 1.70. The summed E-state index contributed by atoms with van der Waals surface area (Å²) < 4.78 is 0. The molecule has 1 N–H and O–H groups in total. The highest BCUT2D eigenvalue weighted by atomic mass is 16.2. The summed E-state index contributed by atoms with van der Waals surface area (Å²) in [5.41, 5.74) is 2.61. The highest BCUT2D eigenvalue weighted by molar-refractivity contribution is 5.89. The third-order valence-electron chi connectivity index (χ3n) is 4.58. The monoisotopic (exact) mass is 349 g/mol. The van der Waals surface area contributed by atoms with Crippen LogP contribution in [0.15, 0.2) is 42.6 Å². The fraction of sp³-hybridized carbons (Fsp3) is 0.350. The van der Waals surface area contributed by atoms with Gasteiger partial charge in [0.05, 0.1) is 6.57 Å². The number of rotatable bonds is 3. The Morgan fingerprint density at radius 3 is 2.46 bits per heavy atom. The van der Waals surface area contributed by atoms with E-state index >= 15 is 0 Å². The zero-order valence-corrected chi connectivity index (χ0v) is 15.1. The topological polar surface area (TPSA) is 52.8 Å². The van der Waals surface area contributed by atoms with Crippen molar-refractivity contribution in [3.63, 3.8) is 0 Å². The number of nitrogens with one attached hydrogen (secondary N) is 1. The molecule has 0 radical (unpaired) electrons. The number of nitrogens with zero attached hydrogens (tertiary/aromatic N) is 4. The molecular weight excluding hydrogens is 326 g/mol. The van der Waals surface area contributed by atoms with Crippen LogP contribution in [0.25, 0.3) is 4.85 Å². The third-order valence-corrected chi connectivity index (χ3v) is 4.58. The van der Waals surface area contributed by atoms with Gasteiger partial charge >= 0.3 is 6.03 Å². The summed E-state index contributed by atoms with van der Waals surface area (Å²) in [5.74, 6) is 1.17. The van der Waals surface area contributed by atoms with Crippen LogP contribution in [0.5, 0.6) is 0 Å². The molecule has 134 valence electrons. The molecule has 0 aliphatic carbocycles. The van der Waals surface area contributed by atoms with Gasteiger partial charge in [-0.3, -0.25) is 4.98 Å². The van der Waals surface area contributed by atoms with Crippen molar-refractivity contribution in [2.75, 3.05) is 36.4 Å². The van der Waals surface area contributed by atoms with E-state index in [-0.39, 0.29) is 6.03 Å². The molecule has 1 aromatic heterocycles. The van der Waals surface area contributed by atoms with Crippen molar-refractivity contribution in [1.82, 2.24) is 9.88 Å². The molecule has 6 nitrogen and oxygen atoms in total. The average Bonchev–Trinajstić information content (AvgIpc) is 2.68. The summed E-state index contributed by atoms with van der Waals surface area (Å²) in [5, 5.41) is 2.96. The minimum atomic E-state index is -0.0895. The Bertz CT molecular complexity index is 802. The van der Waals surface area contributed by atoms with Gasteiger partial charge in [0.15, 0.2) is 0 Å². The number of hydrogen-bond acceptors (Lipinski definition) is 3. The highest BCUT2D eigenvalue weighted by Gasteiger charge is 2.23. The van der Waals surface area contributed by atoms with Gasteiger partial charge in [-0.1, -0.05) is 38.1 Å². The number of anilines is 2. The summed E-state index contributed by atoms with van der Waals surface area (Å²) in [6, 6.07) is 11.4. The van der Waals surface area contributed by atoms with Crippen molar-refractivity contribution in [3.8, 4) is 0 Å². The second-order valence-corrected chi connectivity index (χ2v) is 6.64. The van der Waals surface area contributed by atoms with Gasteiger partial charge in [0.25, 0.3) is 0 Å². The molecule has 1 aliphatic heterocycles. The molecule has 3 rings (SSSR count). The van der Waals surface area contributed by atoms with Crippen LogP contribution in [-0.2, 0) is 0 Å². The van der Waals surface area contributed by atoms with Crippen LogP contribution >= 0.6 is 0 Å². The number of piperazine rings is 1. The van der Waals surface area contributed by atoms with Crippen LogP contribution in [-0.4, -0.2) is 42.1 Å². The molecule has 0 saturated carbocycles. The van der Waals surface area contributed by atoms with Gasteiger partial charge in [-0.2, -0.15) is 0 Å². The molecule has 0 bridgehead atoms. The molecule has 1 aromatic carbocycles. The van der Waals surface area contributed by atoms with Gasteiger partial charge in [-0.05, 0) is 23.6 Å². The van der Waals surface area contributed by atoms with Gasteiger partial charge in [0.2, 0.25) is 5.69 Å². The van der Waals surface area contributed by atoms with E-state index in [1.54, 1.807) is 23.2 Å². The summed E-state index contributed by atoms with van der Waals surface area (Å²) in [6.45, 7) is 14.1. The first-order chi connectivity index (χ1) is 12.6. The molecule has 1 fully saturated rings. The first-order valence-corrected chi connectivity index (χ1v) is 8.82. The number of amides is 2. The largest absolute Gasteiger partial charge is 0.362 e. The Hall–Kier alpha value is -3.07. The molecule has 0 spiro atoms. The second-order valence-electron chi connectivity index (χ2n) is 6.64. The molecule has 2 amide bonds. The van der Waals surface area contributed by atoms with Crippen LogP contribution in [0.4, 0.5) is 22.0 Å². The minimum absolute atomic E-state index is 0.0895. The predicted octanol–water partition coefficient (Wildman–Crippen LogP) is 4.11. The number of carbonyl (C=O) groups excluding carboxylic acids is 1. The van der Waals surface area contributed by atoms with E-state index in [1.807, 2.05) is 24.3 Å². The molecule has 2 aromatic rings. The van der Waals surface area contributed by atoms with Crippen molar-refractivity contribution in [2.45, 2.75) is 19.8 Å². The fourth-order valence-corrected chi connectivity index (χ4v) is 2.99. The van der Waals surface area contributed by atoms with Crippen LogP contribution < -0.4 is 10.2 Å². The van der Waals surface area contributed by atoms with E-state index in [9.17, 15) is 4.79 Å². The van der Waals surface area contributed by atoms with Crippen molar-refractivity contribution >= 4 is 23.2 Å². The maximum Gasteiger partial charge on any atom is 0.321 e. The number of aromatic nitrogens is 1. The van der Waals surface area contributed by atoms with Crippen LogP contribution in [0.3, 0.4) is 0 Å². The van der Waals surface area contributed by atoms with Crippen LogP contribution in [0.1, 0.15) is 25.3 Å². The lowest BCUT2D eigenvalue weighted by Gasteiger charge is -2.35. The lowest BCUT2D eigenvalue weighted by molar-refractivity contribution is 0.208. The van der Waals surface area contributed by atoms with Crippen LogP contribution in [0.2, 0.25) is 0 Å². The Kier molecular flexibility index (Phi) is 5.37. The molecule has 0 atom stereocenters. The molecule has 6 heteroatoms. The Labute approximate surface area is 154 Å². The molecule has 26 heavy (non-hydrogen) atoms. The smallest absolute Gasteiger partial charge is 0.321 e. The number of hydrogen-bond donors (Lipinski definition) is 1. The first-order valence-electron chi connectivity index (χ1n) is 8.82. The molecule has 1 saturated heterocycles. The van der Waals surface area contributed by atoms with Gasteiger partial charge in [0, 0.05) is 38.1 Å². The third kappa shape index (κ3) is 3.94. The summed E-state index contributed by atoms with van der Waals surface area (Å²) in [7, 11) is 0. The molecular formula is C20H23N5O. The number of carbonyl (C=O) groups is 1. The number of urea groups is 1. The molecule has 2 heterocycles. The summed E-state index contributed by atoms with van der Waals surface area (Å²) >= 11 is 0. The normalized spacial score (nSPS) is 14.2. The number of pyridine rings is 1. The maximum atomic E-state index is 12.5. The van der Waals surface area contributed by atoms with Crippen molar-refractivity contribution in [2.24, 2.45) is 0 Å². The highest BCUT2D eigenvalue weighted by Crippen LogP contribution is 2.26. The quantitative estimate of drug-likeness (QED) is 0.849. The van der Waals surface area contributed by atoms with E-state index in [1.165, 1.54) is 5.56 Å². The van der Waals surface area contributed by atoms with Crippen molar-refractivity contribution in [3.05, 3.63) is 59.6 Å². The van der Waals surface area contributed by atoms with E-state index in [4.69, 9.17) is 6.57 Å². The fourth-order valence-electron chi connectivity index (χ4n) is 2.99. The Morgan fingerprint density at radius 2 is 1.85 bits per heavy atom. The zero-order chi connectivity index (χ0) is 18.5. The van der Waals surface area contributed by atoms with Crippen LogP contribution in [0, 0.1) is 6.57 Å². The lowest BCUT2D eigenvalue weighted by Crippen LogP contribution is -2.50. The Balaban J connectivity index is 1.57. The van der Waals surface area contributed by atoms with Gasteiger partial charge in [0.1, 0.15) is 5.82 Å².